The van der Waals surface area contributed by atoms with Gasteiger partial charge in [0.1, 0.15) is 5.75 Å². The van der Waals surface area contributed by atoms with Gasteiger partial charge in [-0.1, -0.05) is 31.0 Å². The summed E-state index contributed by atoms with van der Waals surface area (Å²) in [5, 5.41) is 11.4. The molecule has 1 aliphatic heterocycles. The normalized spacial score (nSPS) is 15.1. The number of hydrogen-bond acceptors (Lipinski definition) is 6. The molecule has 1 saturated heterocycles. The molecule has 2 heterocycles. The Morgan fingerprint density at radius 3 is 2.36 bits per heavy atom. The Morgan fingerprint density at radius 1 is 1.00 bits per heavy atom. The third-order valence-electron chi connectivity index (χ3n) is 5.61. The van der Waals surface area contributed by atoms with Gasteiger partial charge in [0.15, 0.2) is 5.69 Å². The van der Waals surface area contributed by atoms with E-state index in [0.29, 0.717) is 24.5 Å². The number of aromatic nitrogens is 3. The van der Waals surface area contributed by atoms with Crippen LogP contribution in [0.1, 0.15) is 41.9 Å². The van der Waals surface area contributed by atoms with Crippen LogP contribution in [0.2, 0.25) is 0 Å². The van der Waals surface area contributed by atoms with Crippen molar-refractivity contribution in [1.82, 2.24) is 19.3 Å². The summed E-state index contributed by atoms with van der Waals surface area (Å²) in [7, 11) is -2.22. The SMILES string of the molecule is COc1ccc(S(=O)(=O)N2CCCCCC2)cc1NC(=O)c1nn(-c2ccccc2)nc1C. The summed E-state index contributed by atoms with van der Waals surface area (Å²) in [6, 6.07) is 13.8. The third-order valence-corrected chi connectivity index (χ3v) is 7.50. The summed E-state index contributed by atoms with van der Waals surface area (Å²) >= 11 is 0. The number of nitrogens with one attached hydrogen (secondary N) is 1. The first-order chi connectivity index (χ1) is 15.9. The quantitative estimate of drug-likeness (QED) is 0.593. The Kier molecular flexibility index (Phi) is 6.75. The highest BCUT2D eigenvalue weighted by atomic mass is 32.2. The topological polar surface area (TPSA) is 106 Å². The fourth-order valence-corrected chi connectivity index (χ4v) is 5.37. The van der Waals surface area contributed by atoms with E-state index in [1.807, 2.05) is 30.3 Å². The van der Waals surface area contributed by atoms with Gasteiger partial charge in [-0.2, -0.15) is 14.2 Å². The Balaban J connectivity index is 1.61. The summed E-state index contributed by atoms with van der Waals surface area (Å²) < 4.78 is 33.3. The highest BCUT2D eigenvalue weighted by Crippen LogP contribution is 2.30. The molecule has 174 valence electrons. The maximum absolute atomic E-state index is 13.2. The van der Waals surface area contributed by atoms with Crippen molar-refractivity contribution in [3.05, 3.63) is 59.9 Å². The van der Waals surface area contributed by atoms with Gasteiger partial charge in [-0.3, -0.25) is 4.79 Å². The van der Waals surface area contributed by atoms with Crippen molar-refractivity contribution in [2.75, 3.05) is 25.5 Å². The molecule has 3 aromatic rings. The molecule has 0 unspecified atom stereocenters. The van der Waals surface area contributed by atoms with E-state index in [1.165, 1.54) is 28.3 Å². The number of rotatable bonds is 6. The molecule has 4 rings (SSSR count). The van der Waals surface area contributed by atoms with Crippen LogP contribution in [0.5, 0.6) is 5.75 Å². The largest absolute Gasteiger partial charge is 0.495 e. The monoisotopic (exact) mass is 469 g/mol. The molecule has 10 heteroatoms. The molecule has 1 aromatic heterocycles. The Hall–Kier alpha value is -3.24. The predicted molar refractivity (Wildman–Crippen MR) is 124 cm³/mol. The van der Waals surface area contributed by atoms with Crippen LogP contribution < -0.4 is 10.1 Å². The van der Waals surface area contributed by atoms with Crippen LogP contribution in [0.4, 0.5) is 5.69 Å². The van der Waals surface area contributed by atoms with E-state index in [-0.39, 0.29) is 16.3 Å². The van der Waals surface area contributed by atoms with Gasteiger partial charge in [-0.15, -0.1) is 5.10 Å². The van der Waals surface area contributed by atoms with E-state index in [4.69, 9.17) is 4.74 Å². The second-order valence-electron chi connectivity index (χ2n) is 7.89. The van der Waals surface area contributed by atoms with Crippen LogP contribution >= 0.6 is 0 Å². The van der Waals surface area contributed by atoms with Crippen molar-refractivity contribution in [3.8, 4) is 11.4 Å². The van der Waals surface area contributed by atoms with Crippen LogP contribution in [0.15, 0.2) is 53.4 Å². The maximum Gasteiger partial charge on any atom is 0.278 e. The van der Waals surface area contributed by atoms with Gasteiger partial charge in [0, 0.05) is 13.1 Å². The van der Waals surface area contributed by atoms with E-state index in [1.54, 1.807) is 13.0 Å². The standard InChI is InChI=1S/C23H27N5O4S/c1-17-22(26-28(25-17)18-10-6-5-7-11-18)23(29)24-20-16-19(12-13-21(20)32-2)33(30,31)27-14-8-3-4-9-15-27/h5-7,10-13,16H,3-4,8-9,14-15H2,1-2H3,(H,24,29). The third kappa shape index (κ3) is 4.91. The van der Waals surface area contributed by atoms with Crippen molar-refractivity contribution < 1.29 is 17.9 Å². The van der Waals surface area contributed by atoms with Gasteiger partial charge in [0.2, 0.25) is 10.0 Å². The van der Waals surface area contributed by atoms with Crippen molar-refractivity contribution >= 4 is 21.6 Å². The van der Waals surface area contributed by atoms with Crippen molar-refractivity contribution in [1.29, 1.82) is 0 Å². The number of aryl methyl sites for hydroxylation is 1. The number of amides is 1. The second kappa shape index (κ2) is 9.72. The summed E-state index contributed by atoms with van der Waals surface area (Å²) in [6.45, 7) is 2.69. The van der Waals surface area contributed by atoms with E-state index in [0.717, 1.165) is 31.4 Å². The molecule has 0 spiro atoms. The first kappa shape index (κ1) is 22.9. The predicted octanol–water partition coefficient (Wildman–Crippen LogP) is 3.40. The smallest absolute Gasteiger partial charge is 0.278 e. The number of nitrogens with zero attached hydrogens (tertiary/aromatic N) is 4. The van der Waals surface area contributed by atoms with Crippen LogP contribution in [-0.2, 0) is 10.0 Å². The summed E-state index contributed by atoms with van der Waals surface area (Å²) in [5.74, 6) is -0.149. The lowest BCUT2D eigenvalue weighted by molar-refractivity contribution is 0.102. The molecule has 0 bridgehead atoms. The van der Waals surface area contributed by atoms with Crippen molar-refractivity contribution in [3.63, 3.8) is 0 Å². The minimum Gasteiger partial charge on any atom is -0.495 e. The lowest BCUT2D eigenvalue weighted by Crippen LogP contribution is -2.32. The number of carbonyl (C=O) groups excluding carboxylic acids is 1. The Morgan fingerprint density at radius 2 is 1.70 bits per heavy atom. The molecular formula is C23H27N5O4S. The molecule has 0 radical (unpaired) electrons. The van der Waals surface area contributed by atoms with Crippen LogP contribution in [0.25, 0.3) is 5.69 Å². The number of methoxy groups -OCH3 is 1. The van der Waals surface area contributed by atoms with Gasteiger partial charge in [-0.25, -0.2) is 8.42 Å². The fourth-order valence-electron chi connectivity index (χ4n) is 3.82. The number of benzene rings is 2. The lowest BCUT2D eigenvalue weighted by atomic mass is 10.2. The minimum atomic E-state index is -3.68. The molecule has 1 N–H and O–H groups in total. The van der Waals surface area contributed by atoms with Crippen LogP contribution in [0.3, 0.4) is 0 Å². The summed E-state index contributed by atoms with van der Waals surface area (Å²) in [5.41, 5.74) is 1.57. The average Bonchev–Trinajstić information content (AvgIpc) is 3.02. The van der Waals surface area contributed by atoms with Crippen molar-refractivity contribution in [2.24, 2.45) is 0 Å². The number of carbonyl (C=O) groups is 1. The molecule has 1 aliphatic rings. The Labute approximate surface area is 193 Å². The van der Waals surface area contributed by atoms with Gasteiger partial charge in [0.05, 0.1) is 29.1 Å². The van der Waals surface area contributed by atoms with E-state index < -0.39 is 15.9 Å². The van der Waals surface area contributed by atoms with E-state index >= 15 is 0 Å². The van der Waals surface area contributed by atoms with Crippen LogP contribution in [0, 0.1) is 6.92 Å². The zero-order chi connectivity index (χ0) is 23.4. The number of para-hydroxylation sites is 1. The number of sulfonamides is 1. The average molecular weight is 470 g/mol. The summed E-state index contributed by atoms with van der Waals surface area (Å²) in [4.78, 5) is 14.5. The Bertz CT molecular complexity index is 1230. The van der Waals surface area contributed by atoms with E-state index in [9.17, 15) is 13.2 Å². The van der Waals surface area contributed by atoms with Gasteiger partial charge in [-0.05, 0) is 50.1 Å². The van der Waals surface area contributed by atoms with E-state index in [2.05, 4.69) is 15.5 Å². The van der Waals surface area contributed by atoms with Crippen LogP contribution in [-0.4, -0.2) is 53.8 Å². The molecule has 1 amide bonds. The van der Waals surface area contributed by atoms with Gasteiger partial charge >= 0.3 is 0 Å². The molecule has 2 aromatic carbocycles. The highest BCUT2D eigenvalue weighted by Gasteiger charge is 2.27. The first-order valence-electron chi connectivity index (χ1n) is 10.9. The number of ether oxygens (including phenoxy) is 1. The van der Waals surface area contributed by atoms with Gasteiger partial charge in [0.25, 0.3) is 5.91 Å². The molecule has 0 atom stereocenters. The second-order valence-corrected chi connectivity index (χ2v) is 9.83. The summed E-state index contributed by atoms with van der Waals surface area (Å²) in [6.07, 6.45) is 3.74. The molecule has 9 nitrogen and oxygen atoms in total. The molecule has 0 aliphatic carbocycles. The first-order valence-corrected chi connectivity index (χ1v) is 12.3. The fraction of sp³-hybridized carbons (Fsp3) is 0.348. The number of anilines is 1. The van der Waals surface area contributed by atoms with Gasteiger partial charge < -0.3 is 10.1 Å². The zero-order valence-corrected chi connectivity index (χ0v) is 19.5. The molecule has 0 saturated carbocycles. The zero-order valence-electron chi connectivity index (χ0n) is 18.7. The minimum absolute atomic E-state index is 0.116. The number of hydrogen-bond donors (Lipinski definition) is 1. The lowest BCUT2D eigenvalue weighted by Gasteiger charge is -2.21. The maximum atomic E-state index is 13.2. The van der Waals surface area contributed by atoms with Crippen molar-refractivity contribution in [2.45, 2.75) is 37.5 Å². The highest BCUT2D eigenvalue weighted by molar-refractivity contribution is 7.89. The molecular weight excluding hydrogens is 442 g/mol. The molecule has 33 heavy (non-hydrogen) atoms. The molecule has 1 fully saturated rings.